The van der Waals surface area contributed by atoms with Gasteiger partial charge in [-0.2, -0.15) is 10.2 Å². The van der Waals surface area contributed by atoms with Gasteiger partial charge in [0.1, 0.15) is 0 Å². The minimum atomic E-state index is -0.205. The average Bonchev–Trinajstić information content (AvgIpc) is 2.62. The summed E-state index contributed by atoms with van der Waals surface area (Å²) in [6, 6.07) is 17.2. The molecule has 1 amide bonds. The molecule has 5 nitrogen and oxygen atoms in total. The lowest BCUT2D eigenvalue weighted by atomic mass is 10.0. The number of benzene rings is 2. The van der Waals surface area contributed by atoms with Crippen molar-refractivity contribution >= 4 is 24.0 Å². The number of rotatable bonds is 8. The lowest BCUT2D eigenvalue weighted by molar-refractivity contribution is 0.0955. The molecule has 2 rings (SSSR count). The number of carbonyl (C=O) groups is 1. The molecular formula is C21H26N4O. The van der Waals surface area contributed by atoms with Gasteiger partial charge < -0.3 is 0 Å². The van der Waals surface area contributed by atoms with Crippen molar-refractivity contribution in [2.45, 2.75) is 27.2 Å². The maximum absolute atomic E-state index is 11.9. The monoisotopic (exact) mass is 350 g/mol. The van der Waals surface area contributed by atoms with Crippen LogP contribution < -0.4 is 10.9 Å². The van der Waals surface area contributed by atoms with Gasteiger partial charge in [0.2, 0.25) is 0 Å². The maximum atomic E-state index is 11.9. The summed E-state index contributed by atoms with van der Waals surface area (Å²) in [6.45, 7) is 6.23. The van der Waals surface area contributed by atoms with Crippen LogP contribution in [0, 0.1) is 11.8 Å². The van der Waals surface area contributed by atoms with Gasteiger partial charge in [-0.1, -0.05) is 51.1 Å². The zero-order valence-electron chi connectivity index (χ0n) is 15.5. The fourth-order valence-electron chi connectivity index (χ4n) is 2.33. The summed E-state index contributed by atoms with van der Waals surface area (Å²) < 4.78 is 0. The molecule has 0 spiro atoms. The Bertz CT molecular complexity index is 754. The highest BCUT2D eigenvalue weighted by atomic mass is 16.2. The minimum Gasteiger partial charge on any atom is -0.279 e. The second-order valence-corrected chi connectivity index (χ2v) is 6.60. The lowest BCUT2D eigenvalue weighted by Gasteiger charge is -2.08. The molecule has 1 atom stereocenters. The summed E-state index contributed by atoms with van der Waals surface area (Å²) in [5, 5.41) is 8.28. The van der Waals surface area contributed by atoms with Crippen LogP contribution in [0.4, 0.5) is 5.69 Å². The van der Waals surface area contributed by atoms with E-state index in [0.717, 1.165) is 12.1 Å². The molecule has 0 aliphatic rings. The smallest absolute Gasteiger partial charge is 0.271 e. The predicted molar refractivity (Wildman–Crippen MR) is 109 cm³/mol. The molecule has 2 N–H and O–H groups in total. The largest absolute Gasteiger partial charge is 0.279 e. The van der Waals surface area contributed by atoms with E-state index in [9.17, 15) is 4.79 Å². The molecule has 0 bridgehead atoms. The Morgan fingerprint density at radius 3 is 2.50 bits per heavy atom. The predicted octanol–water partition coefficient (Wildman–Crippen LogP) is 4.33. The Hall–Kier alpha value is -2.95. The Kier molecular flexibility index (Phi) is 7.55. The molecule has 136 valence electrons. The van der Waals surface area contributed by atoms with E-state index in [2.05, 4.69) is 54.0 Å². The number of hydrogen-bond donors (Lipinski definition) is 2. The first-order chi connectivity index (χ1) is 12.5. The van der Waals surface area contributed by atoms with Crippen LogP contribution in [0.15, 0.2) is 64.8 Å². The van der Waals surface area contributed by atoms with Crippen LogP contribution in [-0.4, -0.2) is 18.3 Å². The van der Waals surface area contributed by atoms with Gasteiger partial charge in [-0.15, -0.1) is 0 Å². The zero-order valence-corrected chi connectivity index (χ0v) is 15.5. The molecular weight excluding hydrogens is 324 g/mol. The third-order valence-electron chi connectivity index (χ3n) is 3.58. The van der Waals surface area contributed by atoms with E-state index in [1.807, 2.05) is 36.5 Å². The number of carbonyl (C=O) groups excluding carboxylic acids is 1. The van der Waals surface area contributed by atoms with Crippen molar-refractivity contribution in [2.24, 2.45) is 22.0 Å². The van der Waals surface area contributed by atoms with Crippen LogP contribution in [0.25, 0.3) is 0 Å². The van der Waals surface area contributed by atoms with Crippen molar-refractivity contribution in [2.75, 3.05) is 5.43 Å². The van der Waals surface area contributed by atoms with Crippen molar-refractivity contribution < 1.29 is 4.79 Å². The van der Waals surface area contributed by atoms with Crippen LogP contribution >= 0.6 is 0 Å². The van der Waals surface area contributed by atoms with Crippen molar-refractivity contribution in [3.05, 3.63) is 65.7 Å². The quantitative estimate of drug-likeness (QED) is 0.549. The highest BCUT2D eigenvalue weighted by Crippen LogP contribution is 2.14. The summed E-state index contributed by atoms with van der Waals surface area (Å²) in [5.74, 6) is 0.400. The van der Waals surface area contributed by atoms with E-state index in [4.69, 9.17) is 0 Å². The van der Waals surface area contributed by atoms with Gasteiger partial charge in [-0.3, -0.25) is 10.2 Å². The molecule has 0 heterocycles. The van der Waals surface area contributed by atoms with E-state index in [-0.39, 0.29) is 11.8 Å². The second kappa shape index (κ2) is 10.1. The average molecular weight is 350 g/mol. The molecule has 26 heavy (non-hydrogen) atoms. The molecule has 0 radical (unpaired) electrons. The normalized spacial score (nSPS) is 12.6. The Morgan fingerprint density at radius 2 is 1.77 bits per heavy atom. The minimum absolute atomic E-state index is 0.195. The van der Waals surface area contributed by atoms with E-state index < -0.39 is 0 Å². The number of amides is 1. The van der Waals surface area contributed by atoms with Gasteiger partial charge in [-0.05, 0) is 48.1 Å². The number of hydrazone groups is 2. The van der Waals surface area contributed by atoms with Gasteiger partial charge >= 0.3 is 0 Å². The SMILES string of the molecule is CC(C)/C=N/Nc1cccc(CC(C)/C=N/NC(=O)c2ccccc2)c1. The Labute approximate surface area is 155 Å². The van der Waals surface area contributed by atoms with Crippen LogP contribution in [-0.2, 0) is 6.42 Å². The molecule has 2 aromatic carbocycles. The third-order valence-corrected chi connectivity index (χ3v) is 3.58. The number of nitrogens with one attached hydrogen (secondary N) is 2. The molecule has 0 saturated heterocycles. The molecule has 0 aliphatic carbocycles. The summed E-state index contributed by atoms with van der Waals surface area (Å²) >= 11 is 0. The molecule has 0 saturated carbocycles. The maximum Gasteiger partial charge on any atom is 0.271 e. The molecule has 5 heteroatoms. The van der Waals surface area contributed by atoms with Crippen molar-refractivity contribution in [1.29, 1.82) is 0 Å². The van der Waals surface area contributed by atoms with Gasteiger partial charge in [0.15, 0.2) is 0 Å². The van der Waals surface area contributed by atoms with Gasteiger partial charge in [0.25, 0.3) is 5.91 Å². The number of hydrogen-bond acceptors (Lipinski definition) is 4. The van der Waals surface area contributed by atoms with Crippen LogP contribution in [0.3, 0.4) is 0 Å². The van der Waals surface area contributed by atoms with Crippen molar-refractivity contribution in [3.63, 3.8) is 0 Å². The lowest BCUT2D eigenvalue weighted by Crippen LogP contribution is -2.18. The second-order valence-electron chi connectivity index (χ2n) is 6.60. The first kappa shape index (κ1) is 19.4. The van der Waals surface area contributed by atoms with Crippen LogP contribution in [0.2, 0.25) is 0 Å². The number of anilines is 1. The first-order valence-electron chi connectivity index (χ1n) is 8.81. The Morgan fingerprint density at radius 1 is 1.00 bits per heavy atom. The van der Waals surface area contributed by atoms with Gasteiger partial charge in [-0.25, -0.2) is 5.43 Å². The molecule has 0 fully saturated rings. The summed E-state index contributed by atoms with van der Waals surface area (Å²) in [7, 11) is 0. The van der Waals surface area contributed by atoms with Crippen LogP contribution in [0.5, 0.6) is 0 Å². The van der Waals surface area contributed by atoms with Crippen molar-refractivity contribution in [1.82, 2.24) is 5.43 Å². The summed E-state index contributed by atoms with van der Waals surface area (Å²) in [5.41, 5.74) is 8.35. The number of nitrogens with zero attached hydrogens (tertiary/aromatic N) is 2. The fourth-order valence-corrected chi connectivity index (χ4v) is 2.33. The molecule has 1 unspecified atom stereocenters. The van der Waals surface area contributed by atoms with E-state index in [1.54, 1.807) is 18.3 Å². The van der Waals surface area contributed by atoms with Gasteiger partial charge in [0, 0.05) is 18.0 Å². The summed E-state index contributed by atoms with van der Waals surface area (Å²) in [4.78, 5) is 11.9. The summed E-state index contributed by atoms with van der Waals surface area (Å²) in [6.07, 6.45) is 4.46. The Balaban J connectivity index is 1.85. The van der Waals surface area contributed by atoms with E-state index in [0.29, 0.717) is 11.5 Å². The highest BCUT2D eigenvalue weighted by Gasteiger charge is 2.04. The van der Waals surface area contributed by atoms with E-state index >= 15 is 0 Å². The van der Waals surface area contributed by atoms with Crippen LogP contribution in [0.1, 0.15) is 36.7 Å². The molecule has 0 aliphatic heterocycles. The topological polar surface area (TPSA) is 65.8 Å². The highest BCUT2D eigenvalue weighted by molar-refractivity contribution is 5.94. The third kappa shape index (κ3) is 6.89. The molecule has 2 aromatic rings. The van der Waals surface area contributed by atoms with Crippen molar-refractivity contribution in [3.8, 4) is 0 Å². The molecule has 0 aromatic heterocycles. The first-order valence-corrected chi connectivity index (χ1v) is 8.81. The zero-order chi connectivity index (χ0) is 18.8. The fraction of sp³-hybridized carbons (Fsp3) is 0.286. The van der Waals surface area contributed by atoms with E-state index in [1.165, 1.54) is 5.56 Å². The standard InChI is InChI=1S/C21H26N4O/c1-16(2)14-22-24-20-11-7-8-18(13-20)12-17(3)15-23-25-21(26)19-9-5-4-6-10-19/h4-11,13-17,24H,12H2,1-3H3,(H,25,26)/b22-14+,23-15+. The van der Waals surface area contributed by atoms with Gasteiger partial charge in [0.05, 0.1) is 5.69 Å².